The van der Waals surface area contributed by atoms with E-state index in [0.717, 1.165) is 53.7 Å². The molecule has 0 saturated heterocycles. The first-order chi connectivity index (χ1) is 10.3. The topological polar surface area (TPSA) is 46.1 Å². The Morgan fingerprint density at radius 2 is 2.05 bits per heavy atom. The summed E-state index contributed by atoms with van der Waals surface area (Å²) >= 11 is 0. The van der Waals surface area contributed by atoms with Gasteiger partial charge in [0.1, 0.15) is 5.82 Å². The third-order valence-electron chi connectivity index (χ3n) is 6.35. The highest BCUT2D eigenvalue weighted by Gasteiger charge is 2.68. The standard InChI is InChI=1S/C17H21N3O/c1-2-13-18-6-11-7-20(8-12(11)19-13)17(21)16-14-9-3-4-10(5-9)15(14)16/h6,9-10,14-16H,2-5,7-8H2,1H3/t9-,10+,14+,15-,16?. The first-order valence-electron chi connectivity index (χ1n) is 8.38. The van der Waals surface area contributed by atoms with Gasteiger partial charge in [-0.05, 0) is 42.9 Å². The molecule has 0 spiro atoms. The van der Waals surface area contributed by atoms with Crippen LogP contribution in [0, 0.1) is 29.6 Å². The summed E-state index contributed by atoms with van der Waals surface area (Å²) in [5, 5.41) is 0. The van der Waals surface area contributed by atoms with Gasteiger partial charge in [0.05, 0.1) is 12.2 Å². The number of hydrogen-bond acceptors (Lipinski definition) is 3. The van der Waals surface area contributed by atoms with Crippen LogP contribution in [0.4, 0.5) is 0 Å². The van der Waals surface area contributed by atoms with Crippen LogP contribution in [0.1, 0.15) is 43.3 Å². The van der Waals surface area contributed by atoms with Gasteiger partial charge in [-0.3, -0.25) is 4.79 Å². The molecular weight excluding hydrogens is 262 g/mol. The van der Waals surface area contributed by atoms with E-state index in [9.17, 15) is 4.79 Å². The van der Waals surface area contributed by atoms with Crippen LogP contribution in [0.3, 0.4) is 0 Å². The van der Waals surface area contributed by atoms with Crippen molar-refractivity contribution in [2.75, 3.05) is 0 Å². The van der Waals surface area contributed by atoms with Crippen molar-refractivity contribution in [1.82, 2.24) is 14.9 Å². The zero-order valence-corrected chi connectivity index (χ0v) is 12.5. The number of carbonyl (C=O) groups excluding carboxylic acids is 1. The molecule has 4 heteroatoms. The van der Waals surface area contributed by atoms with E-state index in [1.165, 1.54) is 19.3 Å². The van der Waals surface area contributed by atoms with Gasteiger partial charge in [-0.15, -0.1) is 0 Å². The molecule has 4 aliphatic rings. The minimum atomic E-state index is 0.351. The van der Waals surface area contributed by atoms with Crippen molar-refractivity contribution in [2.24, 2.45) is 29.6 Å². The Morgan fingerprint density at radius 3 is 2.76 bits per heavy atom. The summed E-state index contributed by atoms with van der Waals surface area (Å²) < 4.78 is 0. The Morgan fingerprint density at radius 1 is 1.29 bits per heavy atom. The van der Waals surface area contributed by atoms with Crippen molar-refractivity contribution in [2.45, 2.75) is 45.7 Å². The number of fused-ring (bicyclic) bond motifs is 6. The quantitative estimate of drug-likeness (QED) is 0.835. The van der Waals surface area contributed by atoms with Crippen LogP contribution in [-0.2, 0) is 24.3 Å². The summed E-state index contributed by atoms with van der Waals surface area (Å²) in [7, 11) is 0. The van der Waals surface area contributed by atoms with Crippen LogP contribution >= 0.6 is 0 Å². The lowest BCUT2D eigenvalue weighted by Crippen LogP contribution is -2.29. The molecule has 0 radical (unpaired) electrons. The van der Waals surface area contributed by atoms with Crippen molar-refractivity contribution < 1.29 is 4.79 Å². The highest BCUT2D eigenvalue weighted by Crippen LogP contribution is 2.69. The molecule has 21 heavy (non-hydrogen) atoms. The molecule has 2 heterocycles. The Labute approximate surface area is 125 Å². The molecule has 4 nitrogen and oxygen atoms in total. The molecule has 1 aliphatic heterocycles. The van der Waals surface area contributed by atoms with Crippen LogP contribution in [-0.4, -0.2) is 20.8 Å². The lowest BCUT2D eigenvalue weighted by atomic mass is 10.0. The van der Waals surface area contributed by atoms with Gasteiger partial charge < -0.3 is 4.90 Å². The molecule has 5 atom stereocenters. The summed E-state index contributed by atoms with van der Waals surface area (Å²) in [6.45, 7) is 3.50. The van der Waals surface area contributed by atoms with Crippen LogP contribution in [0.5, 0.6) is 0 Å². The molecule has 3 aliphatic carbocycles. The smallest absolute Gasteiger partial charge is 0.226 e. The Hall–Kier alpha value is -1.45. The molecule has 0 N–H and O–H groups in total. The predicted octanol–water partition coefficient (Wildman–Crippen LogP) is 2.17. The first-order valence-corrected chi connectivity index (χ1v) is 8.38. The zero-order chi connectivity index (χ0) is 14.1. The zero-order valence-electron chi connectivity index (χ0n) is 12.5. The number of rotatable bonds is 2. The highest BCUT2D eigenvalue weighted by molar-refractivity contribution is 5.83. The van der Waals surface area contributed by atoms with Crippen molar-refractivity contribution in [3.63, 3.8) is 0 Å². The van der Waals surface area contributed by atoms with Gasteiger partial charge in [-0.25, -0.2) is 9.97 Å². The normalized spacial score (nSPS) is 38.5. The molecule has 1 amide bonds. The summed E-state index contributed by atoms with van der Waals surface area (Å²) in [5.74, 6) is 4.84. The largest absolute Gasteiger partial charge is 0.332 e. The second-order valence-electron chi connectivity index (χ2n) is 7.32. The maximum atomic E-state index is 12.8. The average Bonchev–Trinajstić information content (AvgIpc) is 2.85. The van der Waals surface area contributed by atoms with Crippen molar-refractivity contribution >= 4 is 5.91 Å². The van der Waals surface area contributed by atoms with E-state index in [0.29, 0.717) is 18.4 Å². The third-order valence-corrected chi connectivity index (χ3v) is 6.35. The van der Waals surface area contributed by atoms with E-state index >= 15 is 0 Å². The second kappa shape index (κ2) is 4.05. The fourth-order valence-corrected chi connectivity index (χ4v) is 5.39. The average molecular weight is 283 g/mol. The summed E-state index contributed by atoms with van der Waals surface area (Å²) in [6, 6.07) is 0. The number of nitrogens with zero attached hydrogens (tertiary/aromatic N) is 3. The van der Waals surface area contributed by atoms with Crippen molar-refractivity contribution in [3.05, 3.63) is 23.3 Å². The van der Waals surface area contributed by atoms with Gasteiger partial charge in [-0.1, -0.05) is 6.92 Å². The van der Waals surface area contributed by atoms with Crippen LogP contribution in [0.15, 0.2) is 6.20 Å². The molecule has 3 saturated carbocycles. The second-order valence-corrected chi connectivity index (χ2v) is 7.32. The van der Waals surface area contributed by atoms with E-state index in [4.69, 9.17) is 0 Å². The van der Waals surface area contributed by atoms with E-state index in [1.54, 1.807) is 0 Å². The van der Waals surface area contributed by atoms with Gasteiger partial charge >= 0.3 is 0 Å². The number of aryl methyl sites for hydroxylation is 1. The van der Waals surface area contributed by atoms with E-state index in [-0.39, 0.29) is 0 Å². The highest BCUT2D eigenvalue weighted by atomic mass is 16.2. The predicted molar refractivity (Wildman–Crippen MR) is 77.0 cm³/mol. The van der Waals surface area contributed by atoms with Crippen molar-refractivity contribution in [3.8, 4) is 0 Å². The number of aromatic nitrogens is 2. The summed E-state index contributed by atoms with van der Waals surface area (Å²) in [4.78, 5) is 23.8. The van der Waals surface area contributed by atoms with Crippen LogP contribution in [0.25, 0.3) is 0 Å². The molecule has 1 aromatic rings. The van der Waals surface area contributed by atoms with E-state index in [2.05, 4.69) is 16.9 Å². The maximum absolute atomic E-state index is 12.8. The van der Waals surface area contributed by atoms with Crippen molar-refractivity contribution in [1.29, 1.82) is 0 Å². The fourth-order valence-electron chi connectivity index (χ4n) is 5.39. The lowest BCUT2D eigenvalue weighted by Gasteiger charge is -2.17. The van der Waals surface area contributed by atoms with Gasteiger partial charge in [0.2, 0.25) is 5.91 Å². The molecule has 110 valence electrons. The molecule has 0 aromatic carbocycles. The monoisotopic (exact) mass is 283 g/mol. The molecule has 5 rings (SSSR count). The Kier molecular flexibility index (Phi) is 2.34. The van der Waals surface area contributed by atoms with Crippen LogP contribution in [0.2, 0.25) is 0 Å². The molecule has 1 aromatic heterocycles. The van der Waals surface area contributed by atoms with E-state index in [1.807, 2.05) is 11.1 Å². The molecular formula is C17H21N3O. The summed E-state index contributed by atoms with van der Waals surface area (Å²) in [6.07, 6.45) is 6.94. The maximum Gasteiger partial charge on any atom is 0.226 e. The van der Waals surface area contributed by atoms with Gasteiger partial charge in [0.25, 0.3) is 0 Å². The fraction of sp³-hybridized carbons (Fsp3) is 0.706. The Bertz CT molecular complexity index is 612. The lowest BCUT2D eigenvalue weighted by molar-refractivity contribution is -0.134. The van der Waals surface area contributed by atoms with Crippen LogP contribution < -0.4 is 0 Å². The minimum Gasteiger partial charge on any atom is -0.332 e. The number of amides is 1. The molecule has 3 fully saturated rings. The minimum absolute atomic E-state index is 0.351. The summed E-state index contributed by atoms with van der Waals surface area (Å²) in [5.41, 5.74) is 2.22. The third kappa shape index (κ3) is 1.59. The first kappa shape index (κ1) is 12.1. The molecule has 1 unspecified atom stereocenters. The molecule has 2 bridgehead atoms. The Balaban J connectivity index is 1.33. The van der Waals surface area contributed by atoms with E-state index < -0.39 is 0 Å². The number of hydrogen-bond donors (Lipinski definition) is 0. The number of carbonyl (C=O) groups is 1. The SMILES string of the molecule is CCc1ncc2c(n1)CN(C(=O)C1[C@@H]3[C@H]4CC[C@H](C4)[C@H]13)C2. The van der Waals surface area contributed by atoms with Gasteiger partial charge in [-0.2, -0.15) is 0 Å². The van der Waals surface area contributed by atoms with Gasteiger partial charge in [0.15, 0.2) is 0 Å². The van der Waals surface area contributed by atoms with Gasteiger partial charge in [0, 0.05) is 30.6 Å².